The number of pyridine rings is 2. The molecule has 2 aromatic rings. The maximum atomic E-state index is 13.4. The van der Waals surface area contributed by atoms with Gasteiger partial charge in [0.25, 0.3) is 12.9 Å². The molecule has 4 nitrogen and oxygen atoms in total. The largest absolute Gasteiger partial charge is 0.491 e. The predicted molar refractivity (Wildman–Crippen MR) is 98.2 cm³/mol. The number of nitriles is 1. The Morgan fingerprint density at radius 1 is 1.04 bits per heavy atom. The molecule has 2 heterocycles. The van der Waals surface area contributed by atoms with Crippen LogP contribution in [0.3, 0.4) is 0 Å². The van der Waals surface area contributed by atoms with Crippen molar-refractivity contribution in [2.24, 2.45) is 11.8 Å². The average Bonchev–Trinajstić information content (AvgIpc) is 2.67. The smallest absolute Gasteiger partial charge is 0.284 e. The standard InChI is InChI=1S/C19H22F4N2O.CHN/c1-11(2)8-12(3)10-26-16-5-4-14(25-17(16)19(22)23)13-6-7-24-15(9-13)18(20)21;1-2/h4-7,9,11-12,18-19H,8,10H2,1-3H3;1H. The first kappa shape index (κ1) is 23.3. The van der Waals surface area contributed by atoms with E-state index >= 15 is 0 Å². The fourth-order valence-electron chi connectivity index (χ4n) is 2.73. The Morgan fingerprint density at radius 2 is 1.71 bits per heavy atom. The van der Waals surface area contributed by atoms with E-state index in [0.29, 0.717) is 18.1 Å². The number of nitrogens with zero attached hydrogens (tertiary/aromatic N) is 3. The topological polar surface area (TPSA) is 58.8 Å². The first-order valence-electron chi connectivity index (χ1n) is 8.70. The molecular formula is C20H23F4N3O. The molecule has 1 atom stereocenters. The van der Waals surface area contributed by atoms with Crippen LogP contribution in [0.5, 0.6) is 5.75 Å². The lowest BCUT2D eigenvalue weighted by Gasteiger charge is -2.17. The van der Waals surface area contributed by atoms with Crippen LogP contribution in [0.2, 0.25) is 0 Å². The first-order valence-corrected chi connectivity index (χ1v) is 8.70. The highest BCUT2D eigenvalue weighted by Crippen LogP contribution is 2.31. The lowest BCUT2D eigenvalue weighted by Crippen LogP contribution is -2.12. The van der Waals surface area contributed by atoms with Crippen LogP contribution in [0.25, 0.3) is 11.3 Å². The van der Waals surface area contributed by atoms with Crippen molar-refractivity contribution in [3.8, 4) is 23.6 Å². The third-order valence-electron chi connectivity index (χ3n) is 3.79. The molecule has 1 unspecified atom stereocenters. The summed E-state index contributed by atoms with van der Waals surface area (Å²) >= 11 is 0. The summed E-state index contributed by atoms with van der Waals surface area (Å²) in [6, 6.07) is 5.50. The number of hydrogen-bond acceptors (Lipinski definition) is 4. The Morgan fingerprint density at radius 3 is 2.29 bits per heavy atom. The fourth-order valence-corrected chi connectivity index (χ4v) is 2.73. The zero-order chi connectivity index (χ0) is 21.3. The summed E-state index contributed by atoms with van der Waals surface area (Å²) in [5, 5.41) is 6.50. The molecule has 0 N–H and O–H groups in total. The molecule has 0 amide bonds. The Balaban J connectivity index is 0.00000190. The molecular weight excluding hydrogens is 374 g/mol. The van der Waals surface area contributed by atoms with Gasteiger partial charge in [-0.25, -0.2) is 27.8 Å². The van der Waals surface area contributed by atoms with Gasteiger partial charge < -0.3 is 4.74 Å². The van der Waals surface area contributed by atoms with Gasteiger partial charge in [-0.15, -0.1) is 0 Å². The number of ether oxygens (including phenoxy) is 1. The summed E-state index contributed by atoms with van der Waals surface area (Å²) in [6.07, 6.45) is -3.45. The summed E-state index contributed by atoms with van der Waals surface area (Å²) < 4.78 is 57.9. The van der Waals surface area contributed by atoms with E-state index in [4.69, 9.17) is 10.00 Å². The number of aromatic nitrogens is 2. The van der Waals surface area contributed by atoms with Crippen molar-refractivity contribution in [1.29, 1.82) is 5.26 Å². The van der Waals surface area contributed by atoms with Crippen LogP contribution >= 0.6 is 0 Å². The number of halogens is 4. The third kappa shape index (κ3) is 6.80. The number of hydrogen-bond donors (Lipinski definition) is 0. The molecule has 0 radical (unpaired) electrons. The van der Waals surface area contributed by atoms with Crippen LogP contribution in [-0.4, -0.2) is 16.6 Å². The van der Waals surface area contributed by atoms with Crippen LogP contribution in [0.1, 0.15) is 51.4 Å². The van der Waals surface area contributed by atoms with E-state index in [0.717, 1.165) is 12.5 Å². The van der Waals surface area contributed by atoms with Crippen LogP contribution in [0, 0.1) is 23.7 Å². The van der Waals surface area contributed by atoms with E-state index < -0.39 is 24.2 Å². The molecule has 2 rings (SSSR count). The monoisotopic (exact) mass is 397 g/mol. The van der Waals surface area contributed by atoms with Crippen molar-refractivity contribution in [1.82, 2.24) is 9.97 Å². The van der Waals surface area contributed by atoms with Crippen LogP contribution in [0.4, 0.5) is 17.6 Å². The summed E-state index contributed by atoms with van der Waals surface area (Å²) in [5.41, 5.74) is -0.440. The fraction of sp³-hybridized carbons (Fsp3) is 0.450. The van der Waals surface area contributed by atoms with Gasteiger partial charge in [0.05, 0.1) is 12.3 Å². The van der Waals surface area contributed by atoms with E-state index in [1.807, 2.05) is 6.92 Å². The number of rotatable bonds is 8. The minimum atomic E-state index is -2.83. The molecule has 0 aliphatic rings. The van der Waals surface area contributed by atoms with Crippen molar-refractivity contribution in [3.05, 3.63) is 41.9 Å². The second-order valence-electron chi connectivity index (χ2n) is 6.70. The second-order valence-corrected chi connectivity index (χ2v) is 6.70. The normalized spacial score (nSPS) is 12.0. The highest BCUT2D eigenvalue weighted by molar-refractivity contribution is 5.60. The van der Waals surface area contributed by atoms with Gasteiger partial charge in [0.1, 0.15) is 17.1 Å². The predicted octanol–water partition coefficient (Wildman–Crippen LogP) is 6.22. The minimum Gasteiger partial charge on any atom is -0.491 e. The molecule has 0 saturated carbocycles. The molecule has 8 heteroatoms. The molecule has 0 bridgehead atoms. The molecule has 0 aliphatic heterocycles. The zero-order valence-electron chi connectivity index (χ0n) is 15.9. The van der Waals surface area contributed by atoms with Gasteiger partial charge in [-0.05, 0) is 42.5 Å². The molecule has 28 heavy (non-hydrogen) atoms. The lowest BCUT2D eigenvalue weighted by atomic mass is 10.00. The average molecular weight is 397 g/mol. The molecule has 152 valence electrons. The number of alkyl halides is 4. The van der Waals surface area contributed by atoms with Crippen molar-refractivity contribution in [2.75, 3.05) is 6.61 Å². The van der Waals surface area contributed by atoms with E-state index in [2.05, 4.69) is 30.4 Å². The molecule has 0 spiro atoms. The van der Waals surface area contributed by atoms with Crippen molar-refractivity contribution < 1.29 is 22.3 Å². The van der Waals surface area contributed by atoms with Gasteiger partial charge in [-0.3, -0.25) is 4.98 Å². The van der Waals surface area contributed by atoms with Gasteiger partial charge in [-0.1, -0.05) is 20.8 Å². The zero-order valence-corrected chi connectivity index (χ0v) is 15.9. The maximum Gasteiger partial charge on any atom is 0.284 e. The van der Waals surface area contributed by atoms with E-state index in [-0.39, 0.29) is 17.4 Å². The Bertz CT molecular complexity index is 766. The van der Waals surface area contributed by atoms with E-state index in [1.165, 1.54) is 24.4 Å². The van der Waals surface area contributed by atoms with E-state index in [1.54, 1.807) is 0 Å². The summed E-state index contributed by atoms with van der Waals surface area (Å²) in [4.78, 5) is 7.50. The quantitative estimate of drug-likeness (QED) is 0.496. The van der Waals surface area contributed by atoms with Crippen LogP contribution in [-0.2, 0) is 0 Å². The SMILES string of the molecule is C#N.CC(C)CC(C)COc1ccc(-c2ccnc(C(F)F)c2)nc1C(F)F. The molecule has 0 saturated heterocycles. The summed E-state index contributed by atoms with van der Waals surface area (Å²) in [6.45, 7) is 9.97. The van der Waals surface area contributed by atoms with Gasteiger partial charge >= 0.3 is 0 Å². The van der Waals surface area contributed by atoms with Crippen molar-refractivity contribution in [2.45, 2.75) is 40.0 Å². The van der Waals surface area contributed by atoms with Crippen molar-refractivity contribution >= 4 is 0 Å². The Labute approximate surface area is 162 Å². The molecule has 2 aromatic heterocycles. The van der Waals surface area contributed by atoms with Gasteiger partial charge in [0.15, 0.2) is 0 Å². The first-order chi connectivity index (χ1) is 13.3. The van der Waals surface area contributed by atoms with Gasteiger partial charge in [0, 0.05) is 18.3 Å². The highest BCUT2D eigenvalue weighted by atomic mass is 19.3. The minimum absolute atomic E-state index is 0.0162. The van der Waals surface area contributed by atoms with Crippen LogP contribution < -0.4 is 4.74 Å². The molecule has 0 aromatic carbocycles. The summed E-state index contributed by atoms with van der Waals surface area (Å²) in [7, 11) is 0. The maximum absolute atomic E-state index is 13.4. The Kier molecular flexibility index (Phi) is 9.36. The third-order valence-corrected chi connectivity index (χ3v) is 3.79. The molecule has 0 aliphatic carbocycles. The summed E-state index contributed by atoms with van der Waals surface area (Å²) in [5.74, 6) is 0.718. The Hall–Kier alpha value is -2.69. The van der Waals surface area contributed by atoms with Crippen LogP contribution in [0.15, 0.2) is 30.5 Å². The highest BCUT2D eigenvalue weighted by Gasteiger charge is 2.19. The lowest BCUT2D eigenvalue weighted by molar-refractivity contribution is 0.137. The van der Waals surface area contributed by atoms with Gasteiger partial charge in [-0.2, -0.15) is 0 Å². The van der Waals surface area contributed by atoms with Crippen molar-refractivity contribution in [3.63, 3.8) is 0 Å². The second kappa shape index (κ2) is 11.2. The van der Waals surface area contributed by atoms with E-state index in [9.17, 15) is 17.6 Å². The van der Waals surface area contributed by atoms with Gasteiger partial charge in [0.2, 0.25) is 0 Å². The molecule has 0 fully saturated rings.